The summed E-state index contributed by atoms with van der Waals surface area (Å²) in [5.74, 6) is 1.48. The number of piperidine rings is 1. The summed E-state index contributed by atoms with van der Waals surface area (Å²) < 4.78 is 11.0. The van der Waals surface area contributed by atoms with Gasteiger partial charge < -0.3 is 14.4 Å². The molecule has 0 radical (unpaired) electrons. The molecule has 1 saturated heterocycles. The number of rotatable bonds is 6. The number of carbonyl (C=O) groups excluding carboxylic acids is 1. The second kappa shape index (κ2) is 10.1. The van der Waals surface area contributed by atoms with E-state index in [2.05, 4.69) is 6.07 Å². The molecule has 2 unspecified atom stereocenters. The standard InChI is InChI=1S/C27H27Cl2NO3/c1-17-13-24(19-5-4-6-22(29)14-19)26(18-7-10-21(28)11-8-18)30(27(17)31)16-20-9-12-23(32-2)15-25(20)33-3/h4-12,14-15,17,24,26H,13,16H2,1-3H3/t17?,24?,26-/m1/s1. The lowest BCUT2D eigenvalue weighted by Crippen LogP contribution is -2.45. The van der Waals surface area contributed by atoms with Crippen LogP contribution in [0.2, 0.25) is 10.0 Å². The first-order chi connectivity index (χ1) is 15.9. The molecule has 6 heteroatoms. The molecule has 1 aliphatic heterocycles. The van der Waals surface area contributed by atoms with E-state index in [4.69, 9.17) is 32.7 Å². The second-order valence-corrected chi connectivity index (χ2v) is 9.31. The highest BCUT2D eigenvalue weighted by Gasteiger charge is 2.41. The maximum atomic E-state index is 13.6. The van der Waals surface area contributed by atoms with Crippen molar-refractivity contribution < 1.29 is 14.3 Å². The number of hydrogen-bond acceptors (Lipinski definition) is 3. The van der Waals surface area contributed by atoms with Gasteiger partial charge >= 0.3 is 0 Å². The minimum Gasteiger partial charge on any atom is -0.497 e. The molecule has 3 atom stereocenters. The van der Waals surface area contributed by atoms with Crippen molar-refractivity contribution in [3.05, 3.63) is 93.5 Å². The zero-order chi connectivity index (χ0) is 23.5. The molecule has 0 saturated carbocycles. The summed E-state index contributed by atoms with van der Waals surface area (Å²) in [5.41, 5.74) is 3.08. The Bertz CT molecular complexity index is 1130. The van der Waals surface area contributed by atoms with Crippen LogP contribution in [-0.4, -0.2) is 25.0 Å². The minimum atomic E-state index is -0.170. The Morgan fingerprint density at radius 2 is 1.67 bits per heavy atom. The van der Waals surface area contributed by atoms with Crippen LogP contribution < -0.4 is 9.47 Å². The molecule has 33 heavy (non-hydrogen) atoms. The summed E-state index contributed by atoms with van der Waals surface area (Å²) in [6.45, 7) is 2.41. The zero-order valence-corrected chi connectivity index (χ0v) is 20.4. The van der Waals surface area contributed by atoms with E-state index in [-0.39, 0.29) is 23.8 Å². The number of halogens is 2. The summed E-state index contributed by atoms with van der Waals surface area (Å²) in [7, 11) is 3.25. The third-order valence-corrected chi connectivity index (χ3v) is 6.84. The van der Waals surface area contributed by atoms with E-state index in [1.165, 1.54) is 0 Å². The Balaban J connectivity index is 1.81. The van der Waals surface area contributed by atoms with E-state index in [0.29, 0.717) is 28.1 Å². The number of nitrogens with zero attached hydrogens (tertiary/aromatic N) is 1. The van der Waals surface area contributed by atoms with Gasteiger partial charge in [-0.25, -0.2) is 0 Å². The molecule has 172 valence electrons. The molecular weight excluding hydrogens is 457 g/mol. The first-order valence-electron chi connectivity index (χ1n) is 10.9. The van der Waals surface area contributed by atoms with E-state index < -0.39 is 0 Å². The zero-order valence-electron chi connectivity index (χ0n) is 18.9. The van der Waals surface area contributed by atoms with Crippen LogP contribution in [0.1, 0.15) is 42.0 Å². The highest BCUT2D eigenvalue weighted by atomic mass is 35.5. The van der Waals surface area contributed by atoms with Gasteiger partial charge in [0.25, 0.3) is 0 Å². The predicted molar refractivity (Wildman–Crippen MR) is 132 cm³/mol. The normalized spacial score (nSPS) is 20.6. The number of likely N-dealkylation sites (tertiary alicyclic amines) is 1. The Labute approximate surface area is 205 Å². The highest BCUT2D eigenvalue weighted by molar-refractivity contribution is 6.30. The highest BCUT2D eigenvalue weighted by Crippen LogP contribution is 2.46. The molecule has 4 nitrogen and oxygen atoms in total. The van der Waals surface area contributed by atoms with Gasteiger partial charge in [-0.2, -0.15) is 0 Å². The van der Waals surface area contributed by atoms with Crippen molar-refractivity contribution >= 4 is 29.1 Å². The van der Waals surface area contributed by atoms with Crippen LogP contribution in [0.3, 0.4) is 0 Å². The molecule has 1 fully saturated rings. The van der Waals surface area contributed by atoms with Crippen LogP contribution in [0, 0.1) is 5.92 Å². The van der Waals surface area contributed by atoms with E-state index in [1.54, 1.807) is 14.2 Å². The quantitative estimate of drug-likeness (QED) is 0.382. The summed E-state index contributed by atoms with van der Waals surface area (Å²) in [6, 6.07) is 21.2. The van der Waals surface area contributed by atoms with Crippen LogP contribution in [0.4, 0.5) is 0 Å². The summed E-state index contributed by atoms with van der Waals surface area (Å²) >= 11 is 12.5. The Kier molecular flexibility index (Phi) is 7.16. The van der Waals surface area contributed by atoms with Gasteiger partial charge in [0, 0.05) is 40.1 Å². The van der Waals surface area contributed by atoms with Gasteiger partial charge in [0.2, 0.25) is 5.91 Å². The lowest BCUT2D eigenvalue weighted by atomic mass is 9.76. The maximum absolute atomic E-state index is 13.6. The van der Waals surface area contributed by atoms with Crippen molar-refractivity contribution in [1.82, 2.24) is 4.90 Å². The number of ether oxygens (including phenoxy) is 2. The molecule has 3 aromatic carbocycles. The van der Waals surface area contributed by atoms with Gasteiger partial charge in [-0.1, -0.05) is 54.4 Å². The van der Waals surface area contributed by atoms with Crippen LogP contribution in [-0.2, 0) is 11.3 Å². The average Bonchev–Trinajstić information content (AvgIpc) is 2.82. The second-order valence-electron chi connectivity index (χ2n) is 8.44. The molecule has 4 rings (SSSR count). The summed E-state index contributed by atoms with van der Waals surface area (Å²) in [6.07, 6.45) is 0.739. The van der Waals surface area contributed by atoms with E-state index in [0.717, 1.165) is 23.1 Å². The van der Waals surface area contributed by atoms with Crippen LogP contribution >= 0.6 is 23.2 Å². The molecule has 0 N–H and O–H groups in total. The lowest BCUT2D eigenvalue weighted by molar-refractivity contribution is -0.143. The van der Waals surface area contributed by atoms with E-state index in [9.17, 15) is 4.79 Å². The topological polar surface area (TPSA) is 38.8 Å². The number of hydrogen-bond donors (Lipinski definition) is 0. The minimum absolute atomic E-state index is 0.0850. The lowest BCUT2D eigenvalue weighted by Gasteiger charge is -2.44. The number of carbonyl (C=O) groups is 1. The van der Waals surface area contributed by atoms with Crippen molar-refractivity contribution in [2.75, 3.05) is 14.2 Å². The van der Waals surface area contributed by atoms with Crippen LogP contribution in [0.15, 0.2) is 66.7 Å². The molecular formula is C27H27Cl2NO3. The Morgan fingerprint density at radius 1 is 0.909 bits per heavy atom. The van der Waals surface area contributed by atoms with Gasteiger partial charge in [0.05, 0.1) is 20.3 Å². The Hall–Kier alpha value is -2.69. The third-order valence-electron chi connectivity index (χ3n) is 6.35. The molecule has 1 heterocycles. The molecule has 0 aliphatic carbocycles. The summed E-state index contributed by atoms with van der Waals surface area (Å²) in [4.78, 5) is 15.5. The maximum Gasteiger partial charge on any atom is 0.226 e. The molecule has 0 bridgehead atoms. The molecule has 3 aromatic rings. The molecule has 0 aromatic heterocycles. The fourth-order valence-electron chi connectivity index (χ4n) is 4.72. The van der Waals surface area contributed by atoms with Gasteiger partial charge in [-0.05, 0) is 53.9 Å². The smallest absolute Gasteiger partial charge is 0.226 e. The number of methoxy groups -OCH3 is 2. The van der Waals surface area contributed by atoms with E-state index >= 15 is 0 Å². The van der Waals surface area contributed by atoms with Crippen molar-refractivity contribution in [3.63, 3.8) is 0 Å². The van der Waals surface area contributed by atoms with Crippen molar-refractivity contribution in [3.8, 4) is 11.5 Å². The van der Waals surface area contributed by atoms with E-state index in [1.807, 2.05) is 72.5 Å². The van der Waals surface area contributed by atoms with Crippen molar-refractivity contribution in [2.45, 2.75) is 31.8 Å². The van der Waals surface area contributed by atoms with Gasteiger partial charge in [0.15, 0.2) is 0 Å². The molecule has 1 amide bonds. The van der Waals surface area contributed by atoms with Gasteiger partial charge in [-0.3, -0.25) is 4.79 Å². The summed E-state index contributed by atoms with van der Waals surface area (Å²) in [5, 5.41) is 1.35. The average molecular weight is 484 g/mol. The van der Waals surface area contributed by atoms with Crippen LogP contribution in [0.5, 0.6) is 11.5 Å². The fourth-order valence-corrected chi connectivity index (χ4v) is 5.04. The predicted octanol–water partition coefficient (Wildman–Crippen LogP) is 6.90. The first kappa shape index (κ1) is 23.5. The fraction of sp³-hybridized carbons (Fsp3) is 0.296. The number of amides is 1. The third kappa shape index (κ3) is 4.97. The number of benzene rings is 3. The van der Waals surface area contributed by atoms with Gasteiger partial charge in [0.1, 0.15) is 11.5 Å². The van der Waals surface area contributed by atoms with Crippen molar-refractivity contribution in [2.24, 2.45) is 5.92 Å². The largest absolute Gasteiger partial charge is 0.497 e. The molecule has 0 spiro atoms. The van der Waals surface area contributed by atoms with Crippen molar-refractivity contribution in [1.29, 1.82) is 0 Å². The molecule has 1 aliphatic rings. The monoisotopic (exact) mass is 483 g/mol. The van der Waals surface area contributed by atoms with Gasteiger partial charge in [-0.15, -0.1) is 0 Å². The van der Waals surface area contributed by atoms with Crippen LogP contribution in [0.25, 0.3) is 0 Å². The Morgan fingerprint density at radius 3 is 2.33 bits per heavy atom. The SMILES string of the molecule is COc1ccc(CN2C(=O)C(C)CC(c3cccc(Cl)c3)[C@H]2c2ccc(Cl)cc2)c(OC)c1. The first-order valence-corrected chi connectivity index (χ1v) is 11.7.